The Morgan fingerprint density at radius 1 is 0.404 bits per heavy atom. The minimum absolute atomic E-state index is 0.394. The van der Waals surface area contributed by atoms with Crippen LogP contribution in [-0.4, -0.2) is 9.13 Å². The zero-order valence-electron chi connectivity index (χ0n) is 31.3. The quantitative estimate of drug-likeness (QED) is 0.172. The maximum absolute atomic E-state index is 2.53. The van der Waals surface area contributed by atoms with Crippen LogP contribution in [0.15, 0.2) is 194 Å². The van der Waals surface area contributed by atoms with Gasteiger partial charge in [-0.1, -0.05) is 146 Å². The van der Waals surface area contributed by atoms with Crippen molar-refractivity contribution in [1.29, 1.82) is 0 Å². The van der Waals surface area contributed by atoms with Crippen molar-refractivity contribution in [2.24, 2.45) is 0 Å². The van der Waals surface area contributed by atoms with E-state index in [0.29, 0.717) is 0 Å². The lowest BCUT2D eigenvalue weighted by Gasteiger charge is -2.30. The summed E-state index contributed by atoms with van der Waals surface area (Å²) in [5, 5.41) is 5.11. The fraction of sp³-hybridized carbons (Fsp3) is 0.0545. The molecule has 0 fully saturated rings. The first-order valence-electron chi connectivity index (χ1n) is 20.2. The molecule has 1 spiro atoms. The summed E-state index contributed by atoms with van der Waals surface area (Å²) in [4.78, 5) is 0. The van der Waals surface area contributed by atoms with Crippen LogP contribution >= 0.6 is 0 Å². The maximum atomic E-state index is 2.53. The number of nitrogens with zero attached hydrogens (tertiary/aromatic N) is 2. The normalized spacial score (nSPS) is 14.7. The molecule has 2 nitrogen and oxygen atoms in total. The van der Waals surface area contributed by atoms with Crippen LogP contribution in [0, 0.1) is 0 Å². The molecular weight excluding hydrogens is 689 g/mol. The lowest BCUT2D eigenvalue weighted by Crippen LogP contribution is -2.25. The number of hydrogen-bond donors (Lipinski definition) is 0. The van der Waals surface area contributed by atoms with Crippen LogP contribution in [0.25, 0.3) is 88.4 Å². The molecule has 266 valence electrons. The third-order valence-corrected chi connectivity index (χ3v) is 13.1. The van der Waals surface area contributed by atoms with Crippen LogP contribution in [-0.2, 0) is 5.41 Å². The van der Waals surface area contributed by atoms with Gasteiger partial charge in [0.2, 0.25) is 0 Å². The highest BCUT2D eigenvalue weighted by Crippen LogP contribution is 2.64. The summed E-state index contributed by atoms with van der Waals surface area (Å²) in [5.74, 6) is 0. The molecule has 3 aliphatic carbocycles. The summed E-state index contributed by atoms with van der Waals surface area (Å²) >= 11 is 0. The SMILES string of the molecule is C1=CC(n2c3ccccc3c3cc(-c4ccc5c(c4)c4ccc6c(c4n5-c4ccccc4)-c4ccccc4C64c5ccccc5-c5ccccc54)ccc32)=CCC1. The van der Waals surface area contributed by atoms with Crippen LogP contribution in [0.4, 0.5) is 0 Å². The fourth-order valence-corrected chi connectivity index (χ4v) is 10.9. The minimum Gasteiger partial charge on any atom is -0.310 e. The van der Waals surface area contributed by atoms with Crippen molar-refractivity contribution >= 4 is 49.3 Å². The first-order valence-corrected chi connectivity index (χ1v) is 20.2. The van der Waals surface area contributed by atoms with Crippen molar-refractivity contribution in [2.45, 2.75) is 18.3 Å². The molecule has 3 aliphatic rings. The first-order chi connectivity index (χ1) is 28.3. The number of rotatable bonds is 3. The Morgan fingerprint density at radius 2 is 0.982 bits per heavy atom. The summed E-state index contributed by atoms with van der Waals surface area (Å²) in [5.41, 5.74) is 20.2. The number of hydrogen-bond acceptors (Lipinski definition) is 0. The van der Waals surface area contributed by atoms with Gasteiger partial charge in [0.05, 0.1) is 27.5 Å². The largest absolute Gasteiger partial charge is 0.310 e. The number of allylic oxidation sites excluding steroid dienone is 4. The van der Waals surface area contributed by atoms with E-state index in [4.69, 9.17) is 0 Å². The van der Waals surface area contributed by atoms with E-state index in [-0.39, 0.29) is 0 Å². The van der Waals surface area contributed by atoms with Gasteiger partial charge >= 0.3 is 0 Å². The monoisotopic (exact) mass is 724 g/mol. The molecule has 2 aromatic heterocycles. The molecule has 0 radical (unpaired) electrons. The molecule has 0 N–H and O–H groups in total. The van der Waals surface area contributed by atoms with E-state index in [1.807, 2.05) is 0 Å². The number of benzene rings is 8. The summed E-state index contributed by atoms with van der Waals surface area (Å²) in [6.07, 6.45) is 9.13. The van der Waals surface area contributed by atoms with E-state index in [2.05, 4.69) is 203 Å². The molecule has 10 aromatic rings. The molecular formula is C55H36N2. The third kappa shape index (κ3) is 3.99. The molecule has 0 bridgehead atoms. The summed E-state index contributed by atoms with van der Waals surface area (Å²) in [6, 6.07) is 66.2. The molecule has 2 heterocycles. The van der Waals surface area contributed by atoms with Gasteiger partial charge in [-0.05, 0) is 111 Å². The summed E-state index contributed by atoms with van der Waals surface area (Å²) < 4.78 is 4.96. The van der Waals surface area contributed by atoms with Gasteiger partial charge in [-0.15, -0.1) is 0 Å². The zero-order valence-corrected chi connectivity index (χ0v) is 31.3. The van der Waals surface area contributed by atoms with Gasteiger partial charge in [-0.3, -0.25) is 0 Å². The minimum atomic E-state index is -0.394. The maximum Gasteiger partial charge on any atom is 0.0726 e. The Morgan fingerprint density at radius 3 is 1.68 bits per heavy atom. The molecule has 0 unspecified atom stereocenters. The second-order valence-corrected chi connectivity index (χ2v) is 15.9. The van der Waals surface area contributed by atoms with Gasteiger partial charge in [-0.25, -0.2) is 0 Å². The lowest BCUT2D eigenvalue weighted by atomic mass is 9.70. The van der Waals surface area contributed by atoms with Crippen molar-refractivity contribution in [3.8, 4) is 39.1 Å². The van der Waals surface area contributed by atoms with Crippen molar-refractivity contribution in [3.63, 3.8) is 0 Å². The number of aromatic nitrogens is 2. The summed E-state index contributed by atoms with van der Waals surface area (Å²) in [6.45, 7) is 0. The Kier molecular flexibility index (Phi) is 6.24. The number of fused-ring (bicyclic) bond motifs is 17. The van der Waals surface area contributed by atoms with E-state index in [0.717, 1.165) is 12.8 Å². The zero-order chi connectivity index (χ0) is 37.2. The predicted molar refractivity (Wildman–Crippen MR) is 238 cm³/mol. The van der Waals surface area contributed by atoms with Crippen LogP contribution in [0.1, 0.15) is 35.1 Å². The average Bonchev–Trinajstić information content (AvgIpc) is 3.98. The van der Waals surface area contributed by atoms with Crippen LogP contribution < -0.4 is 0 Å². The van der Waals surface area contributed by atoms with Gasteiger partial charge in [0.1, 0.15) is 0 Å². The fourth-order valence-electron chi connectivity index (χ4n) is 10.9. The van der Waals surface area contributed by atoms with Crippen LogP contribution in [0.3, 0.4) is 0 Å². The molecule has 0 saturated heterocycles. The topological polar surface area (TPSA) is 9.86 Å². The van der Waals surface area contributed by atoms with Gasteiger partial charge < -0.3 is 9.13 Å². The highest BCUT2D eigenvalue weighted by molar-refractivity contribution is 6.18. The van der Waals surface area contributed by atoms with Crippen molar-refractivity contribution in [3.05, 3.63) is 216 Å². The van der Waals surface area contributed by atoms with E-state index in [1.165, 1.54) is 111 Å². The molecule has 0 saturated carbocycles. The average molecular weight is 725 g/mol. The second-order valence-electron chi connectivity index (χ2n) is 15.9. The Labute approximate surface area is 330 Å². The third-order valence-electron chi connectivity index (χ3n) is 13.1. The number of para-hydroxylation sites is 2. The van der Waals surface area contributed by atoms with E-state index in [9.17, 15) is 0 Å². The Balaban J connectivity index is 1.09. The smallest absolute Gasteiger partial charge is 0.0726 e. The van der Waals surface area contributed by atoms with Gasteiger partial charge in [0, 0.05) is 38.5 Å². The molecule has 0 amide bonds. The molecule has 2 heteroatoms. The van der Waals surface area contributed by atoms with E-state index in [1.54, 1.807) is 0 Å². The summed E-state index contributed by atoms with van der Waals surface area (Å²) in [7, 11) is 0. The Hall–Kier alpha value is -7.16. The molecule has 0 aliphatic heterocycles. The highest BCUT2D eigenvalue weighted by Gasteiger charge is 2.52. The van der Waals surface area contributed by atoms with Crippen molar-refractivity contribution < 1.29 is 0 Å². The van der Waals surface area contributed by atoms with E-state index < -0.39 is 5.41 Å². The second kappa shape index (κ2) is 11.4. The van der Waals surface area contributed by atoms with Crippen LogP contribution in [0.5, 0.6) is 0 Å². The lowest BCUT2D eigenvalue weighted by molar-refractivity contribution is 0.794. The van der Waals surface area contributed by atoms with E-state index >= 15 is 0 Å². The molecule has 8 aromatic carbocycles. The van der Waals surface area contributed by atoms with Gasteiger partial charge in [0.15, 0.2) is 0 Å². The van der Waals surface area contributed by atoms with Crippen LogP contribution in [0.2, 0.25) is 0 Å². The first kappa shape index (κ1) is 31.1. The molecule has 13 rings (SSSR count). The highest BCUT2D eigenvalue weighted by atomic mass is 15.0. The molecule has 0 atom stereocenters. The van der Waals surface area contributed by atoms with Crippen molar-refractivity contribution in [2.75, 3.05) is 0 Å². The Bertz CT molecular complexity index is 3360. The van der Waals surface area contributed by atoms with Crippen molar-refractivity contribution in [1.82, 2.24) is 9.13 Å². The van der Waals surface area contributed by atoms with Gasteiger partial charge in [-0.2, -0.15) is 0 Å². The molecule has 57 heavy (non-hydrogen) atoms. The van der Waals surface area contributed by atoms with Gasteiger partial charge in [0.25, 0.3) is 0 Å². The standard InChI is InChI=1S/C55H36N2/c1-3-15-37(16-4-1)56-50-26-14-10-21-41(50)44-33-35(27-31-51(44)56)36-28-32-52-45(34-36)42-29-30-49-53(54(42)57(52)38-17-5-2-6-18-38)43-22-9-13-25-48(43)55(49)46-23-11-7-19-39(46)40-20-8-12-24-47(40)55/h2-3,5-34H,1,4H2. The predicted octanol–water partition coefficient (Wildman–Crippen LogP) is 14.1.